The number of aliphatic carboxylic acids is 1. The number of ether oxygens (including phenoxy) is 2. The molecule has 0 aliphatic heterocycles. The van der Waals surface area contributed by atoms with Crippen molar-refractivity contribution in [1.82, 2.24) is 4.98 Å². The zero-order valence-corrected chi connectivity index (χ0v) is 14.8. The number of hydrogen-bond acceptors (Lipinski definition) is 7. The van der Waals surface area contributed by atoms with E-state index in [-0.39, 0.29) is 5.69 Å². The third kappa shape index (κ3) is 4.24. The van der Waals surface area contributed by atoms with Crippen LogP contribution in [0.5, 0.6) is 11.5 Å². The highest BCUT2D eigenvalue weighted by Crippen LogP contribution is 2.29. The average Bonchev–Trinajstić information content (AvgIpc) is 2.70. The van der Waals surface area contributed by atoms with E-state index in [2.05, 4.69) is 4.98 Å². The van der Waals surface area contributed by atoms with Crippen LogP contribution >= 0.6 is 0 Å². The number of carbonyl (C=O) groups is 1. The second-order valence-electron chi connectivity index (χ2n) is 5.74. The number of aromatic nitrogens is 1. The fourth-order valence-electron chi connectivity index (χ4n) is 2.63. The Morgan fingerprint density at radius 3 is 2.68 bits per heavy atom. The summed E-state index contributed by atoms with van der Waals surface area (Å²) in [4.78, 5) is 25.6. The van der Waals surface area contributed by atoms with E-state index in [1.165, 1.54) is 13.2 Å². The zero-order valence-electron chi connectivity index (χ0n) is 14.8. The molecule has 0 amide bonds. The summed E-state index contributed by atoms with van der Waals surface area (Å²) in [7, 11) is 1.45. The highest BCUT2D eigenvalue weighted by molar-refractivity contribution is 5.89. The second-order valence-corrected chi connectivity index (χ2v) is 5.74. The number of methoxy groups -OCH3 is 1. The summed E-state index contributed by atoms with van der Waals surface area (Å²) in [6.07, 6.45) is 3.55. The summed E-state index contributed by atoms with van der Waals surface area (Å²) >= 11 is 0. The fourth-order valence-corrected chi connectivity index (χ4v) is 2.63. The van der Waals surface area contributed by atoms with Gasteiger partial charge in [-0.2, -0.15) is 0 Å². The molecule has 0 spiro atoms. The van der Waals surface area contributed by atoms with Gasteiger partial charge in [0.15, 0.2) is 11.5 Å². The van der Waals surface area contributed by atoms with Crippen LogP contribution in [0.4, 0.5) is 5.69 Å². The van der Waals surface area contributed by atoms with Gasteiger partial charge >= 0.3 is 0 Å². The molecule has 0 aliphatic carbocycles. The number of nitro groups is 1. The number of non-ortho nitro benzene ring substituents is 1. The predicted molar refractivity (Wildman–Crippen MR) is 101 cm³/mol. The van der Waals surface area contributed by atoms with Crippen molar-refractivity contribution in [2.24, 2.45) is 0 Å². The number of benzene rings is 2. The molecule has 1 heterocycles. The first-order valence-corrected chi connectivity index (χ1v) is 8.21. The zero-order chi connectivity index (χ0) is 20.1. The maximum atomic E-state index is 11.1. The molecule has 0 unspecified atom stereocenters. The lowest BCUT2D eigenvalue weighted by molar-refractivity contribution is -0.383. The van der Waals surface area contributed by atoms with Crippen molar-refractivity contribution in [3.8, 4) is 11.5 Å². The Balaban J connectivity index is 1.85. The van der Waals surface area contributed by atoms with Crippen molar-refractivity contribution in [2.45, 2.75) is 0 Å². The first-order valence-electron chi connectivity index (χ1n) is 8.21. The van der Waals surface area contributed by atoms with Crippen molar-refractivity contribution >= 4 is 34.7 Å². The number of pyridine rings is 1. The summed E-state index contributed by atoms with van der Waals surface area (Å²) < 4.78 is 10.3. The highest BCUT2D eigenvalue weighted by atomic mass is 16.6. The molecule has 0 fully saturated rings. The number of nitro benzene ring substituents is 1. The van der Waals surface area contributed by atoms with Crippen molar-refractivity contribution in [3.05, 3.63) is 69.9 Å². The molecule has 2 aromatic carbocycles. The molecule has 8 nitrogen and oxygen atoms in total. The topological polar surface area (TPSA) is 115 Å². The molecular formula is C20H15N2O6-. The van der Waals surface area contributed by atoms with E-state index in [1.807, 2.05) is 0 Å². The molecule has 8 heteroatoms. The number of fused-ring (bicyclic) bond motifs is 1. The van der Waals surface area contributed by atoms with E-state index in [1.54, 1.807) is 54.6 Å². The largest absolute Gasteiger partial charge is 0.546 e. The monoisotopic (exact) mass is 379 g/mol. The van der Waals surface area contributed by atoms with Crippen molar-refractivity contribution < 1.29 is 24.3 Å². The van der Waals surface area contributed by atoms with Crippen LogP contribution in [0.15, 0.2) is 48.5 Å². The average molecular weight is 379 g/mol. The molecule has 0 saturated heterocycles. The van der Waals surface area contributed by atoms with Crippen LogP contribution in [-0.2, 0) is 4.79 Å². The second kappa shape index (κ2) is 8.17. The lowest BCUT2D eigenvalue weighted by atomic mass is 10.1. The van der Waals surface area contributed by atoms with Crippen molar-refractivity contribution in [3.63, 3.8) is 0 Å². The maximum Gasteiger partial charge on any atom is 0.278 e. The van der Waals surface area contributed by atoms with E-state index in [4.69, 9.17) is 9.47 Å². The fraction of sp³-hybridized carbons (Fsp3) is 0.100. The SMILES string of the molecule is COc1cc(/C=C/c2ccc3c([N+](=O)[O-])cccc3n2)ccc1OCC(=O)[O-]. The summed E-state index contributed by atoms with van der Waals surface area (Å²) in [6, 6.07) is 13.1. The number of rotatable bonds is 7. The third-order valence-electron chi connectivity index (χ3n) is 3.91. The molecule has 0 aliphatic rings. The Morgan fingerprint density at radius 2 is 1.96 bits per heavy atom. The lowest BCUT2D eigenvalue weighted by Gasteiger charge is -2.11. The van der Waals surface area contributed by atoms with Crippen LogP contribution in [-0.4, -0.2) is 29.6 Å². The smallest absolute Gasteiger partial charge is 0.278 e. The van der Waals surface area contributed by atoms with Gasteiger partial charge in [0.2, 0.25) is 0 Å². The molecule has 0 atom stereocenters. The molecule has 0 N–H and O–H groups in total. The normalized spacial score (nSPS) is 10.9. The summed E-state index contributed by atoms with van der Waals surface area (Å²) in [5.74, 6) is -0.654. The number of carboxylic acids is 1. The minimum atomic E-state index is -1.33. The maximum absolute atomic E-state index is 11.1. The summed E-state index contributed by atoms with van der Waals surface area (Å²) in [5, 5.41) is 22.1. The van der Waals surface area contributed by atoms with Gasteiger partial charge in [-0.1, -0.05) is 18.2 Å². The molecule has 3 rings (SSSR count). The number of carbonyl (C=O) groups excluding carboxylic acids is 1. The molecule has 3 aromatic rings. The highest BCUT2D eigenvalue weighted by Gasteiger charge is 2.11. The molecule has 0 saturated carbocycles. The van der Waals surface area contributed by atoms with Crippen molar-refractivity contribution in [2.75, 3.05) is 13.7 Å². The Kier molecular flexibility index (Phi) is 5.50. The van der Waals surface area contributed by atoms with Crippen LogP contribution in [0.2, 0.25) is 0 Å². The van der Waals surface area contributed by atoms with Crippen LogP contribution in [0.1, 0.15) is 11.3 Å². The van der Waals surface area contributed by atoms with Crippen molar-refractivity contribution in [1.29, 1.82) is 0 Å². The van der Waals surface area contributed by atoms with Gasteiger partial charge in [-0.25, -0.2) is 4.98 Å². The third-order valence-corrected chi connectivity index (χ3v) is 3.91. The van der Waals surface area contributed by atoms with E-state index < -0.39 is 17.5 Å². The molecule has 1 aromatic heterocycles. The van der Waals surface area contributed by atoms with Crippen LogP contribution < -0.4 is 14.6 Å². The summed E-state index contributed by atoms with van der Waals surface area (Å²) in [6.45, 7) is -0.571. The van der Waals surface area contributed by atoms with Gasteiger partial charge in [0.05, 0.1) is 34.6 Å². The Hall–Kier alpha value is -3.94. The quantitative estimate of drug-likeness (QED) is 0.457. The first kappa shape index (κ1) is 18.8. The Morgan fingerprint density at radius 1 is 1.14 bits per heavy atom. The molecular weight excluding hydrogens is 364 g/mol. The Labute approximate surface area is 159 Å². The predicted octanol–water partition coefficient (Wildman–Crippen LogP) is 2.45. The van der Waals surface area contributed by atoms with Crippen LogP contribution in [0.25, 0.3) is 23.1 Å². The minimum absolute atomic E-state index is 0.0115. The van der Waals surface area contributed by atoms with Gasteiger partial charge in [0, 0.05) is 6.07 Å². The minimum Gasteiger partial charge on any atom is -0.546 e. The molecule has 0 bridgehead atoms. The molecule has 28 heavy (non-hydrogen) atoms. The van der Waals surface area contributed by atoms with Crippen LogP contribution in [0.3, 0.4) is 0 Å². The van der Waals surface area contributed by atoms with Gasteiger partial charge in [-0.05, 0) is 42.0 Å². The summed E-state index contributed by atoms with van der Waals surface area (Å²) in [5.41, 5.74) is 1.94. The van der Waals surface area contributed by atoms with E-state index in [0.29, 0.717) is 28.1 Å². The number of hydrogen-bond donors (Lipinski definition) is 0. The van der Waals surface area contributed by atoms with Gasteiger partial charge in [0.1, 0.15) is 6.61 Å². The lowest BCUT2D eigenvalue weighted by Crippen LogP contribution is -2.29. The van der Waals surface area contributed by atoms with Gasteiger partial charge in [-0.15, -0.1) is 0 Å². The van der Waals surface area contributed by atoms with E-state index in [0.717, 1.165) is 5.56 Å². The van der Waals surface area contributed by atoms with Gasteiger partial charge in [0.25, 0.3) is 5.69 Å². The number of nitrogens with zero attached hydrogens (tertiary/aromatic N) is 2. The molecule has 0 radical (unpaired) electrons. The van der Waals surface area contributed by atoms with Gasteiger partial charge in [-0.3, -0.25) is 10.1 Å². The number of carboxylic acid groups (broad SMARTS) is 1. The molecule has 142 valence electrons. The Bertz CT molecular complexity index is 1080. The standard InChI is InChI=1S/C20H16N2O6/c1-27-19-11-13(6-10-18(19)28-12-20(23)24)5-7-14-8-9-15-16(21-14)3-2-4-17(15)22(25)26/h2-11H,12H2,1H3,(H,23,24)/p-1/b7-5+. The van der Waals surface area contributed by atoms with E-state index >= 15 is 0 Å². The van der Waals surface area contributed by atoms with E-state index in [9.17, 15) is 20.0 Å². The first-order chi connectivity index (χ1) is 13.5. The van der Waals surface area contributed by atoms with Crippen LogP contribution in [0, 0.1) is 10.1 Å². The van der Waals surface area contributed by atoms with Gasteiger partial charge < -0.3 is 19.4 Å².